The normalized spacial score (nSPS) is 31.0. The van der Waals surface area contributed by atoms with Gasteiger partial charge in [0.2, 0.25) is 5.91 Å². The lowest BCUT2D eigenvalue weighted by atomic mass is 9.95. The molecule has 0 bridgehead atoms. The van der Waals surface area contributed by atoms with Crippen LogP contribution >= 0.6 is 23.2 Å². The van der Waals surface area contributed by atoms with E-state index in [0.29, 0.717) is 15.8 Å². The molecule has 1 aromatic rings. The lowest BCUT2D eigenvalue weighted by Crippen LogP contribution is -2.68. The molecule has 0 aliphatic carbocycles. The summed E-state index contributed by atoms with van der Waals surface area (Å²) in [6.45, 7) is 5.42. The molecular weight excluding hydrogens is 425 g/mol. The topological polar surface area (TPSA) is 95.5 Å². The molecule has 2 saturated heterocycles. The Morgan fingerprint density at radius 2 is 2.10 bits per heavy atom. The molecule has 162 valence electrons. The third-order valence-electron chi connectivity index (χ3n) is 4.58. The van der Waals surface area contributed by atoms with Gasteiger partial charge in [0.1, 0.15) is 36.7 Å². The molecule has 2 aliphatic heterocycles. The highest BCUT2D eigenvalue weighted by atomic mass is 35.5. The minimum atomic E-state index is -1.03. The van der Waals surface area contributed by atoms with Crippen LogP contribution in [0.1, 0.15) is 20.8 Å². The number of halogens is 2. The number of carbonyl (C=O) groups excluding carboxylic acids is 1. The van der Waals surface area contributed by atoms with Crippen LogP contribution < -0.4 is 10.1 Å². The summed E-state index contributed by atoms with van der Waals surface area (Å²) in [4.78, 5) is 11.6. The first-order valence-corrected chi connectivity index (χ1v) is 10.0. The Bertz CT molecular complexity index is 733. The van der Waals surface area contributed by atoms with Gasteiger partial charge in [0.05, 0.1) is 18.2 Å². The zero-order chi connectivity index (χ0) is 21.2. The number of hydrogen-bond donors (Lipinski definition) is 2. The molecule has 0 unspecified atom stereocenters. The van der Waals surface area contributed by atoms with Crippen molar-refractivity contribution in [2.45, 2.75) is 57.2 Å². The summed E-state index contributed by atoms with van der Waals surface area (Å²) in [5, 5.41) is 14.4. The Morgan fingerprint density at radius 3 is 2.79 bits per heavy atom. The number of ether oxygens (including phenoxy) is 5. The quantitative estimate of drug-likeness (QED) is 0.642. The fourth-order valence-corrected chi connectivity index (χ4v) is 3.75. The first kappa shape index (κ1) is 22.6. The van der Waals surface area contributed by atoms with Crippen molar-refractivity contribution in [2.24, 2.45) is 0 Å². The van der Waals surface area contributed by atoms with Gasteiger partial charge < -0.3 is 34.1 Å². The first-order valence-electron chi connectivity index (χ1n) is 9.28. The Labute approximate surface area is 179 Å². The van der Waals surface area contributed by atoms with Crippen LogP contribution in [0, 0.1) is 0 Å². The van der Waals surface area contributed by atoms with Crippen LogP contribution in [-0.4, -0.2) is 67.3 Å². The Balaban J connectivity index is 1.59. The molecule has 0 aromatic heterocycles. The Kier molecular flexibility index (Phi) is 7.27. The van der Waals surface area contributed by atoms with Gasteiger partial charge in [0, 0.05) is 11.9 Å². The summed E-state index contributed by atoms with van der Waals surface area (Å²) in [5.74, 6) is -0.703. The Hall–Kier alpha value is -1.13. The number of aliphatic hydroxyl groups excluding tert-OH is 1. The number of rotatable bonds is 6. The molecule has 3 rings (SSSR count). The van der Waals surface area contributed by atoms with Crippen molar-refractivity contribution in [3.63, 3.8) is 0 Å². The van der Waals surface area contributed by atoms with Gasteiger partial charge in [-0.25, -0.2) is 0 Å². The fraction of sp³-hybridized carbons (Fsp3) is 0.632. The minimum absolute atomic E-state index is 0.136. The van der Waals surface area contributed by atoms with Crippen molar-refractivity contribution >= 4 is 29.1 Å². The number of aliphatic hydroxyl groups is 1. The molecule has 2 N–H and O–H groups in total. The molecule has 0 radical (unpaired) electrons. The molecule has 0 spiro atoms. The lowest BCUT2D eigenvalue weighted by molar-refractivity contribution is -0.369. The van der Waals surface area contributed by atoms with Gasteiger partial charge in [-0.05, 0) is 32.0 Å². The van der Waals surface area contributed by atoms with Crippen LogP contribution in [-0.2, 0) is 23.7 Å². The average molecular weight is 450 g/mol. The molecule has 2 heterocycles. The monoisotopic (exact) mass is 449 g/mol. The molecule has 5 atom stereocenters. The highest BCUT2D eigenvalue weighted by molar-refractivity contribution is 6.35. The number of fused-ring (bicyclic) bond motifs is 1. The van der Waals surface area contributed by atoms with Crippen molar-refractivity contribution in [3.05, 3.63) is 28.2 Å². The standard InChI is InChI=1S/C19H25Cl2NO7/c1-10(23)22-15-16(24)17-14(9-27-19(2,3)29-17)28-18(15)26-7-6-25-13-5-4-11(20)8-12(13)21/h4-5,8,14-18,24H,6-7,9H2,1-3H3,(H,22,23)/t14-,15-,16+,17-,18+/m1/s1. The molecule has 29 heavy (non-hydrogen) atoms. The zero-order valence-corrected chi connectivity index (χ0v) is 17.9. The van der Waals surface area contributed by atoms with Gasteiger partial charge in [-0.15, -0.1) is 0 Å². The summed E-state index contributed by atoms with van der Waals surface area (Å²) >= 11 is 11.9. The molecule has 1 aromatic carbocycles. The van der Waals surface area contributed by atoms with E-state index in [4.69, 9.17) is 46.9 Å². The van der Waals surface area contributed by atoms with Crippen LogP contribution in [0.25, 0.3) is 0 Å². The molecule has 2 fully saturated rings. The van der Waals surface area contributed by atoms with Crippen LogP contribution in [0.15, 0.2) is 18.2 Å². The Morgan fingerprint density at radius 1 is 1.34 bits per heavy atom. The van der Waals surface area contributed by atoms with E-state index < -0.39 is 36.4 Å². The maximum Gasteiger partial charge on any atom is 0.217 e. The predicted octanol–water partition coefficient (Wildman–Crippen LogP) is 2.13. The second-order valence-electron chi connectivity index (χ2n) is 7.35. The second kappa shape index (κ2) is 9.34. The highest BCUT2D eigenvalue weighted by Gasteiger charge is 2.51. The maximum absolute atomic E-state index is 11.6. The number of amides is 1. The lowest BCUT2D eigenvalue weighted by Gasteiger charge is -2.49. The third-order valence-corrected chi connectivity index (χ3v) is 5.11. The predicted molar refractivity (Wildman–Crippen MR) is 105 cm³/mol. The second-order valence-corrected chi connectivity index (χ2v) is 8.19. The van der Waals surface area contributed by atoms with Crippen LogP contribution in [0.3, 0.4) is 0 Å². The summed E-state index contributed by atoms with van der Waals surface area (Å²) < 4.78 is 28.7. The van der Waals surface area contributed by atoms with E-state index in [-0.39, 0.29) is 25.7 Å². The number of benzene rings is 1. The average Bonchev–Trinajstić information content (AvgIpc) is 2.63. The summed E-state index contributed by atoms with van der Waals surface area (Å²) in [5.41, 5.74) is 0. The van der Waals surface area contributed by atoms with Crippen molar-refractivity contribution in [2.75, 3.05) is 19.8 Å². The minimum Gasteiger partial charge on any atom is -0.490 e. The molecule has 0 saturated carbocycles. The van der Waals surface area contributed by atoms with E-state index >= 15 is 0 Å². The van der Waals surface area contributed by atoms with Gasteiger partial charge in [0.25, 0.3) is 0 Å². The number of carbonyl (C=O) groups is 1. The van der Waals surface area contributed by atoms with Crippen molar-refractivity contribution in [3.8, 4) is 5.75 Å². The van der Waals surface area contributed by atoms with Crippen LogP contribution in [0.4, 0.5) is 0 Å². The van der Waals surface area contributed by atoms with Gasteiger partial charge in [-0.1, -0.05) is 23.2 Å². The maximum atomic E-state index is 11.6. The largest absolute Gasteiger partial charge is 0.490 e. The van der Waals surface area contributed by atoms with E-state index in [9.17, 15) is 9.90 Å². The fourth-order valence-electron chi connectivity index (χ4n) is 3.28. The van der Waals surface area contributed by atoms with E-state index in [1.807, 2.05) is 0 Å². The SMILES string of the molecule is CC(=O)N[C@H]1[C@@H](OCCOc2ccc(Cl)cc2Cl)O[C@@H]2COC(C)(C)O[C@H]2[C@H]1O. The van der Waals surface area contributed by atoms with Crippen LogP contribution in [0.5, 0.6) is 5.75 Å². The zero-order valence-electron chi connectivity index (χ0n) is 16.4. The summed E-state index contributed by atoms with van der Waals surface area (Å²) in [6.07, 6.45) is -3.11. The van der Waals surface area contributed by atoms with Gasteiger partial charge in [-0.3, -0.25) is 4.79 Å². The molecule has 1 amide bonds. The van der Waals surface area contributed by atoms with Gasteiger partial charge >= 0.3 is 0 Å². The number of hydrogen-bond acceptors (Lipinski definition) is 7. The van der Waals surface area contributed by atoms with Gasteiger partial charge in [0.15, 0.2) is 12.1 Å². The van der Waals surface area contributed by atoms with Crippen molar-refractivity contribution < 1.29 is 33.6 Å². The van der Waals surface area contributed by atoms with Crippen molar-refractivity contribution in [1.29, 1.82) is 0 Å². The molecule has 10 heteroatoms. The highest BCUT2D eigenvalue weighted by Crippen LogP contribution is 2.33. The van der Waals surface area contributed by atoms with E-state index in [0.717, 1.165) is 0 Å². The van der Waals surface area contributed by atoms with Crippen LogP contribution in [0.2, 0.25) is 10.0 Å². The van der Waals surface area contributed by atoms with E-state index in [2.05, 4.69) is 5.32 Å². The van der Waals surface area contributed by atoms with Gasteiger partial charge in [-0.2, -0.15) is 0 Å². The molecular formula is C19H25Cl2NO7. The summed E-state index contributed by atoms with van der Waals surface area (Å²) in [7, 11) is 0. The first-order chi connectivity index (χ1) is 13.7. The van der Waals surface area contributed by atoms with E-state index in [1.54, 1.807) is 32.0 Å². The summed E-state index contributed by atoms with van der Waals surface area (Å²) in [6, 6.07) is 4.11. The molecule has 8 nitrogen and oxygen atoms in total. The number of nitrogens with one attached hydrogen (secondary N) is 1. The van der Waals surface area contributed by atoms with Crippen molar-refractivity contribution in [1.82, 2.24) is 5.32 Å². The smallest absolute Gasteiger partial charge is 0.217 e. The molecule has 2 aliphatic rings. The third kappa shape index (κ3) is 5.73. The van der Waals surface area contributed by atoms with E-state index in [1.165, 1.54) is 6.92 Å².